The van der Waals surface area contributed by atoms with Crippen molar-refractivity contribution in [2.45, 2.75) is 84.6 Å². The smallest absolute Gasteiger partial charge is 0.335 e. The molecule has 0 rings (SSSR count). The number of hydrogen-bond donors (Lipinski definition) is 2. The zero-order valence-electron chi connectivity index (χ0n) is 13.7. The highest BCUT2D eigenvalue weighted by atomic mass is 79.9. The van der Waals surface area contributed by atoms with E-state index in [1.807, 2.05) is 0 Å². The summed E-state index contributed by atoms with van der Waals surface area (Å²) in [5, 5.41) is 17.7. The molecule has 142 valence electrons. The Kier molecular flexibility index (Phi) is 13.0. The van der Waals surface area contributed by atoms with Crippen LogP contribution in [0.15, 0.2) is 0 Å². The zero-order valence-corrected chi connectivity index (χ0v) is 18.4. The first-order valence-electron chi connectivity index (χ1n) is 8.32. The molecule has 0 saturated carbocycles. The first-order chi connectivity index (χ1) is 11.1. The SMILES string of the molecule is O=C(O)C(Cl)(Br)CCCCCCCCCCCCC(Cl)(Br)C(=O)O. The van der Waals surface area contributed by atoms with E-state index in [0.29, 0.717) is 12.8 Å². The van der Waals surface area contributed by atoms with Crippen molar-refractivity contribution in [3.8, 4) is 0 Å². The van der Waals surface area contributed by atoms with Gasteiger partial charge in [0.05, 0.1) is 0 Å². The molecule has 0 heterocycles. The molecule has 0 aliphatic carbocycles. The Bertz CT molecular complexity index is 354. The molecule has 24 heavy (non-hydrogen) atoms. The van der Waals surface area contributed by atoms with Crippen LogP contribution in [-0.2, 0) is 9.59 Å². The topological polar surface area (TPSA) is 74.6 Å². The first-order valence-corrected chi connectivity index (χ1v) is 10.7. The second-order valence-corrected chi connectivity index (χ2v) is 11.0. The van der Waals surface area contributed by atoms with Crippen molar-refractivity contribution in [2.24, 2.45) is 0 Å². The number of carboxylic acids is 2. The minimum absolute atomic E-state index is 0.426. The Balaban J connectivity index is 3.38. The molecule has 2 N–H and O–H groups in total. The lowest BCUT2D eigenvalue weighted by Crippen LogP contribution is -2.24. The maximum atomic E-state index is 10.8. The second kappa shape index (κ2) is 12.8. The van der Waals surface area contributed by atoms with Crippen molar-refractivity contribution < 1.29 is 19.8 Å². The van der Waals surface area contributed by atoms with Gasteiger partial charge in [0.1, 0.15) is 0 Å². The summed E-state index contributed by atoms with van der Waals surface area (Å²) in [6.07, 6.45) is 11.3. The van der Waals surface area contributed by atoms with E-state index in [9.17, 15) is 9.59 Å². The number of unbranched alkanes of at least 4 members (excludes halogenated alkanes) is 9. The maximum Gasteiger partial charge on any atom is 0.335 e. The van der Waals surface area contributed by atoms with Gasteiger partial charge in [0.2, 0.25) is 0 Å². The standard InChI is InChI=1S/C16H26Br2Cl2O4/c17-15(19,13(21)22)11-9-7-5-3-1-2-4-6-8-10-12-16(18,20)14(23)24/h1-12H2,(H,21,22)(H,23,24). The lowest BCUT2D eigenvalue weighted by atomic mass is 10.0. The van der Waals surface area contributed by atoms with Crippen LogP contribution in [0.25, 0.3) is 0 Å². The number of hydrogen-bond acceptors (Lipinski definition) is 2. The molecule has 0 radical (unpaired) electrons. The van der Waals surface area contributed by atoms with Crippen LogP contribution < -0.4 is 0 Å². The molecule has 0 amide bonds. The predicted molar refractivity (Wildman–Crippen MR) is 106 cm³/mol. The summed E-state index contributed by atoms with van der Waals surface area (Å²) >= 11 is 17.7. The van der Waals surface area contributed by atoms with Crippen LogP contribution in [0.4, 0.5) is 0 Å². The summed E-state index contributed by atoms with van der Waals surface area (Å²) in [6.45, 7) is 0. The van der Waals surface area contributed by atoms with Crippen molar-refractivity contribution in [2.75, 3.05) is 0 Å². The summed E-state index contributed by atoms with van der Waals surface area (Å²) in [4.78, 5) is 21.6. The van der Waals surface area contributed by atoms with Crippen LogP contribution in [0.1, 0.15) is 77.0 Å². The van der Waals surface area contributed by atoms with Gasteiger partial charge in [-0.05, 0) is 12.8 Å². The Morgan fingerprint density at radius 2 is 0.833 bits per heavy atom. The summed E-state index contributed by atoms with van der Waals surface area (Å²) < 4.78 is -2.63. The fourth-order valence-electron chi connectivity index (χ4n) is 2.32. The molecular formula is C16H26Br2Cl2O4. The van der Waals surface area contributed by atoms with Crippen LogP contribution in [0.3, 0.4) is 0 Å². The second-order valence-electron chi connectivity index (χ2n) is 6.05. The summed E-state index contributed by atoms with van der Waals surface area (Å²) in [6, 6.07) is 0. The Morgan fingerprint density at radius 1 is 0.625 bits per heavy atom. The number of carbonyl (C=O) groups is 2. The molecule has 2 unspecified atom stereocenters. The fourth-order valence-corrected chi connectivity index (χ4v) is 3.15. The number of rotatable bonds is 15. The van der Waals surface area contributed by atoms with Crippen molar-refractivity contribution >= 4 is 67.0 Å². The van der Waals surface area contributed by atoms with Crippen LogP contribution in [0, 0.1) is 0 Å². The fraction of sp³-hybridized carbons (Fsp3) is 0.875. The summed E-state index contributed by atoms with van der Waals surface area (Å²) in [7, 11) is 0. The van der Waals surface area contributed by atoms with Gasteiger partial charge < -0.3 is 10.2 Å². The molecule has 0 aliphatic rings. The number of halogens is 4. The molecular weight excluding hydrogens is 487 g/mol. The highest BCUT2D eigenvalue weighted by molar-refractivity contribution is 9.11. The van der Waals surface area contributed by atoms with Gasteiger partial charge in [0.25, 0.3) is 0 Å². The van der Waals surface area contributed by atoms with E-state index in [2.05, 4.69) is 31.9 Å². The molecule has 4 nitrogen and oxygen atoms in total. The van der Waals surface area contributed by atoms with E-state index in [-0.39, 0.29) is 0 Å². The van der Waals surface area contributed by atoms with Gasteiger partial charge in [0.15, 0.2) is 7.57 Å². The van der Waals surface area contributed by atoms with Gasteiger partial charge in [0, 0.05) is 0 Å². The van der Waals surface area contributed by atoms with E-state index < -0.39 is 19.5 Å². The minimum Gasteiger partial charge on any atom is -0.479 e. The van der Waals surface area contributed by atoms with Crippen LogP contribution in [0.2, 0.25) is 0 Å². The maximum absolute atomic E-state index is 10.8. The monoisotopic (exact) mass is 510 g/mol. The van der Waals surface area contributed by atoms with E-state index in [1.165, 1.54) is 12.8 Å². The Hall–Kier alpha value is 0.480. The lowest BCUT2D eigenvalue weighted by molar-refractivity contribution is -0.138. The summed E-state index contributed by atoms with van der Waals surface area (Å²) in [5.41, 5.74) is 0. The van der Waals surface area contributed by atoms with Crippen LogP contribution in [-0.4, -0.2) is 29.7 Å². The molecule has 0 spiro atoms. The van der Waals surface area contributed by atoms with E-state index in [4.69, 9.17) is 33.4 Å². The van der Waals surface area contributed by atoms with Crippen molar-refractivity contribution in [3.05, 3.63) is 0 Å². The van der Waals surface area contributed by atoms with Crippen LogP contribution in [0.5, 0.6) is 0 Å². The van der Waals surface area contributed by atoms with Crippen molar-refractivity contribution in [1.29, 1.82) is 0 Å². The van der Waals surface area contributed by atoms with Gasteiger partial charge in [-0.25, -0.2) is 9.59 Å². The molecule has 0 fully saturated rings. The first kappa shape index (κ1) is 24.5. The third-order valence-corrected chi connectivity index (χ3v) is 6.03. The number of alkyl halides is 4. The highest BCUT2D eigenvalue weighted by Crippen LogP contribution is 2.31. The van der Waals surface area contributed by atoms with Gasteiger partial charge in [-0.3, -0.25) is 0 Å². The third-order valence-electron chi connectivity index (χ3n) is 3.86. The normalized spacial score (nSPS) is 16.3. The van der Waals surface area contributed by atoms with Gasteiger partial charge >= 0.3 is 11.9 Å². The van der Waals surface area contributed by atoms with Gasteiger partial charge in [-0.1, -0.05) is 119 Å². The van der Waals surface area contributed by atoms with Crippen molar-refractivity contribution in [1.82, 2.24) is 0 Å². The number of aliphatic carboxylic acids is 2. The molecule has 2 atom stereocenters. The predicted octanol–water partition coefficient (Wildman–Crippen LogP) is 6.50. The van der Waals surface area contributed by atoms with Gasteiger partial charge in [-0.15, -0.1) is 0 Å². The number of carboxylic acid groups (broad SMARTS) is 2. The third kappa shape index (κ3) is 11.9. The lowest BCUT2D eigenvalue weighted by Gasteiger charge is -2.14. The van der Waals surface area contributed by atoms with E-state index >= 15 is 0 Å². The zero-order chi connectivity index (χ0) is 18.6. The van der Waals surface area contributed by atoms with E-state index in [0.717, 1.165) is 51.4 Å². The Morgan fingerprint density at radius 3 is 1.04 bits per heavy atom. The molecule has 0 bridgehead atoms. The molecule has 0 aliphatic heterocycles. The van der Waals surface area contributed by atoms with E-state index in [1.54, 1.807) is 0 Å². The average molecular weight is 513 g/mol. The molecule has 0 aromatic carbocycles. The van der Waals surface area contributed by atoms with Gasteiger partial charge in [-0.2, -0.15) is 0 Å². The quantitative estimate of drug-likeness (QED) is 0.194. The Labute approximate surface area is 170 Å². The molecule has 0 aromatic rings. The average Bonchev–Trinajstić information content (AvgIpc) is 2.47. The van der Waals surface area contributed by atoms with Crippen LogP contribution >= 0.6 is 55.1 Å². The largest absolute Gasteiger partial charge is 0.479 e. The minimum atomic E-state index is -1.32. The molecule has 8 heteroatoms. The van der Waals surface area contributed by atoms with Crippen molar-refractivity contribution in [3.63, 3.8) is 0 Å². The molecule has 0 saturated heterocycles. The molecule has 0 aromatic heterocycles. The highest BCUT2D eigenvalue weighted by Gasteiger charge is 2.32. The summed E-state index contributed by atoms with van der Waals surface area (Å²) in [5.74, 6) is -2.06.